The topological polar surface area (TPSA) is 202 Å². The monoisotopic (exact) mass is 1050 g/mol. The molecule has 8 heterocycles. The second-order valence-electron chi connectivity index (χ2n) is 24.0. The third-order valence-corrected chi connectivity index (χ3v) is 19.1. The number of hydrogen-bond donors (Lipinski definition) is 3. The third kappa shape index (κ3) is 8.76. The largest absolute Gasteiger partial charge is 0.382 e. The summed E-state index contributed by atoms with van der Waals surface area (Å²) in [6, 6.07) is 13.9. The summed E-state index contributed by atoms with van der Waals surface area (Å²) in [5, 5.41) is 9.43. The van der Waals surface area contributed by atoms with Crippen molar-refractivity contribution in [1.82, 2.24) is 39.5 Å². The zero-order chi connectivity index (χ0) is 52.9. The first kappa shape index (κ1) is 49.9. The first-order chi connectivity index (χ1) is 37.3. The predicted octanol–water partition coefficient (Wildman–Crippen LogP) is 6.79. The summed E-state index contributed by atoms with van der Waals surface area (Å²) < 4.78 is 2.19. The van der Waals surface area contributed by atoms with E-state index >= 15 is 4.79 Å². The van der Waals surface area contributed by atoms with Crippen molar-refractivity contribution in [1.29, 1.82) is 0 Å². The molecule has 2 aromatic heterocycles. The lowest BCUT2D eigenvalue weighted by Crippen LogP contribution is -2.58. The molecule has 4 saturated heterocycles. The van der Waals surface area contributed by atoms with Crippen LogP contribution in [0.5, 0.6) is 0 Å². The van der Waals surface area contributed by atoms with Gasteiger partial charge in [-0.05, 0) is 153 Å². The Bertz CT molecular complexity index is 3080. The van der Waals surface area contributed by atoms with Gasteiger partial charge in [-0.25, -0.2) is 9.97 Å². The maximum absolute atomic E-state index is 15.3. The molecule has 1 atom stereocenters. The molecule has 13 rings (SSSR count). The van der Waals surface area contributed by atoms with Gasteiger partial charge >= 0.3 is 0 Å². The Balaban J connectivity index is 0.645. The Kier molecular flexibility index (Phi) is 12.7. The van der Waals surface area contributed by atoms with E-state index in [1.165, 1.54) is 19.3 Å². The summed E-state index contributed by atoms with van der Waals surface area (Å²) in [5.41, 5.74) is 6.11. The molecule has 1 unspecified atom stereocenters. The van der Waals surface area contributed by atoms with Gasteiger partial charge in [-0.1, -0.05) is 24.6 Å². The van der Waals surface area contributed by atoms with Crippen LogP contribution < -0.4 is 20.9 Å². The zero-order valence-electron chi connectivity index (χ0n) is 44.4. The number of carbonyl (C=O) groups is 7. The highest BCUT2D eigenvalue weighted by molar-refractivity contribution is 6.25. The summed E-state index contributed by atoms with van der Waals surface area (Å²) in [6.45, 7) is 8.69. The SMILES string of the molecule is CC(C)n1cnc2cc(-c3ccc4c(c3)N([C@H]3C[C@@H](N5CCCCC5)C3)C(=O)C43CCN(C(=O)C4CCN(C(=O)[C@H]5CC[C@H](Nc6cccc7c6C(=O)N(C6CCC(=O)NC6=O)C7=O)CC5)CC4)CC3)nc(NC3CC3)c21. The number of aromatic nitrogens is 3. The Hall–Kier alpha value is -6.69. The maximum atomic E-state index is 15.3. The maximum Gasteiger partial charge on any atom is 0.264 e. The Morgan fingerprint density at radius 3 is 2.10 bits per heavy atom. The Morgan fingerprint density at radius 1 is 0.714 bits per heavy atom. The van der Waals surface area contributed by atoms with E-state index in [1.54, 1.807) is 18.2 Å². The summed E-state index contributed by atoms with van der Waals surface area (Å²) >= 11 is 0. The van der Waals surface area contributed by atoms with E-state index in [4.69, 9.17) is 9.97 Å². The number of anilines is 3. The fourth-order valence-electron chi connectivity index (χ4n) is 14.4. The molecule has 2 aromatic carbocycles. The number of nitrogens with one attached hydrogen (secondary N) is 3. The van der Waals surface area contributed by atoms with Crippen LogP contribution in [0.1, 0.15) is 155 Å². The van der Waals surface area contributed by atoms with Crippen LogP contribution in [0.25, 0.3) is 22.3 Å². The molecule has 7 fully saturated rings. The molecular weight excluding hydrogens is 975 g/mol. The minimum atomic E-state index is -1.04. The molecule has 18 nitrogen and oxygen atoms in total. The van der Waals surface area contributed by atoms with Crippen molar-refractivity contribution in [3.8, 4) is 11.3 Å². The summed E-state index contributed by atoms with van der Waals surface area (Å²) in [7, 11) is 0. The molecule has 1 spiro atoms. The number of benzene rings is 2. The molecule has 4 aromatic rings. The van der Waals surface area contributed by atoms with E-state index in [2.05, 4.69) is 68.4 Å². The molecule has 9 aliphatic rings. The number of carbonyl (C=O) groups excluding carboxylic acids is 7. The summed E-state index contributed by atoms with van der Waals surface area (Å²) in [6.07, 6.45) is 15.2. The lowest BCUT2D eigenvalue weighted by Gasteiger charge is -2.48. The van der Waals surface area contributed by atoms with Crippen LogP contribution in [-0.2, 0) is 29.4 Å². The average molecular weight is 1050 g/mol. The standard InChI is InChI=1S/C59H71N11O7/c1-34(2)68-33-60-46-32-45(63-52(51(46)68)62-39-14-15-39)37-11-16-43-48(29-37)69(41-30-40(31-41)65-23-4-3-5-24-65)58(77)59(43)21-27-67(28-22-59)55(74)36-19-25-66(26-20-36)54(73)35-9-12-38(13-10-35)61-44-8-6-7-42-50(44)57(76)70(56(42)75)47-17-18-49(71)64-53(47)72/h6-8,11,16,29,32-36,38-41,47,61H,3-5,9-10,12-15,17-28,30-31H2,1-2H3,(H,62,63)(H,64,71,72)/t35-,38-,40-,41+,47?. The van der Waals surface area contributed by atoms with Crippen LogP contribution in [0.2, 0.25) is 0 Å². The highest BCUT2D eigenvalue weighted by atomic mass is 16.2. The van der Waals surface area contributed by atoms with Gasteiger partial charge in [0.1, 0.15) is 11.6 Å². The first-order valence-corrected chi connectivity index (χ1v) is 28.9. The zero-order valence-corrected chi connectivity index (χ0v) is 44.4. The van der Waals surface area contributed by atoms with Crippen molar-refractivity contribution in [2.24, 2.45) is 11.8 Å². The number of fused-ring (bicyclic) bond motifs is 4. The fourth-order valence-corrected chi connectivity index (χ4v) is 14.4. The van der Waals surface area contributed by atoms with Crippen LogP contribution in [-0.4, -0.2) is 145 Å². The van der Waals surface area contributed by atoms with Crippen LogP contribution in [0.4, 0.5) is 17.2 Å². The molecule has 3 N–H and O–H groups in total. The highest BCUT2D eigenvalue weighted by Gasteiger charge is 2.56. The van der Waals surface area contributed by atoms with E-state index in [1.807, 2.05) is 16.1 Å². The van der Waals surface area contributed by atoms with Crippen molar-refractivity contribution in [2.75, 3.05) is 54.8 Å². The van der Waals surface area contributed by atoms with Gasteiger partial charge in [-0.3, -0.25) is 43.8 Å². The first-order valence-electron chi connectivity index (χ1n) is 28.9. The normalized spacial score (nSPS) is 26.8. The minimum absolute atomic E-state index is 0.0179. The van der Waals surface area contributed by atoms with Gasteiger partial charge in [0.2, 0.25) is 29.5 Å². The number of piperidine rings is 4. The number of imidazole rings is 1. The minimum Gasteiger partial charge on any atom is -0.382 e. The summed E-state index contributed by atoms with van der Waals surface area (Å²) in [5.74, 6) is -1.17. The van der Waals surface area contributed by atoms with Gasteiger partial charge in [0.05, 0.1) is 34.1 Å². The molecule has 0 radical (unpaired) electrons. The number of hydrogen-bond acceptors (Lipinski definition) is 12. The molecular formula is C59H71N11O7. The number of pyridine rings is 1. The molecule has 3 aliphatic carbocycles. The highest BCUT2D eigenvalue weighted by Crippen LogP contribution is 2.52. The molecule has 0 bridgehead atoms. The number of amides is 7. The van der Waals surface area contributed by atoms with Gasteiger partial charge in [0, 0.05) is 91.6 Å². The Morgan fingerprint density at radius 2 is 1.40 bits per heavy atom. The summed E-state index contributed by atoms with van der Waals surface area (Å²) in [4.78, 5) is 115. The number of nitrogens with zero attached hydrogens (tertiary/aromatic N) is 8. The van der Waals surface area contributed by atoms with E-state index < -0.39 is 35.1 Å². The van der Waals surface area contributed by atoms with Crippen LogP contribution in [0, 0.1) is 11.8 Å². The van der Waals surface area contributed by atoms with Crippen LogP contribution >= 0.6 is 0 Å². The molecule has 404 valence electrons. The lowest BCUT2D eigenvalue weighted by atomic mass is 9.73. The molecule has 18 heteroatoms. The molecule has 6 aliphatic heterocycles. The van der Waals surface area contributed by atoms with Crippen LogP contribution in [0.3, 0.4) is 0 Å². The second-order valence-corrected chi connectivity index (χ2v) is 24.0. The van der Waals surface area contributed by atoms with Gasteiger partial charge in [-0.2, -0.15) is 0 Å². The van der Waals surface area contributed by atoms with Crippen molar-refractivity contribution >= 4 is 69.6 Å². The van der Waals surface area contributed by atoms with Gasteiger partial charge in [0.25, 0.3) is 11.8 Å². The van der Waals surface area contributed by atoms with Gasteiger partial charge in [0.15, 0.2) is 5.82 Å². The van der Waals surface area contributed by atoms with E-state index in [9.17, 15) is 28.8 Å². The average Bonchev–Trinajstić information content (AvgIpc) is 4.03. The predicted molar refractivity (Wildman–Crippen MR) is 289 cm³/mol. The van der Waals surface area contributed by atoms with E-state index in [-0.39, 0.29) is 71.7 Å². The number of imide groups is 2. The van der Waals surface area contributed by atoms with Crippen molar-refractivity contribution in [2.45, 2.75) is 165 Å². The smallest absolute Gasteiger partial charge is 0.264 e. The molecule has 7 amide bonds. The van der Waals surface area contributed by atoms with Crippen molar-refractivity contribution in [3.63, 3.8) is 0 Å². The Labute approximate surface area is 449 Å². The lowest BCUT2D eigenvalue weighted by molar-refractivity contribution is -0.144. The quantitative estimate of drug-likeness (QED) is 0.133. The second kappa shape index (κ2) is 19.6. The van der Waals surface area contributed by atoms with E-state index in [0.717, 1.165) is 83.0 Å². The van der Waals surface area contributed by atoms with Crippen molar-refractivity contribution in [3.05, 3.63) is 65.5 Å². The van der Waals surface area contributed by atoms with Gasteiger partial charge in [-0.15, -0.1) is 0 Å². The number of likely N-dealkylation sites (tertiary alicyclic amines) is 3. The van der Waals surface area contributed by atoms with E-state index in [0.29, 0.717) is 95.3 Å². The number of rotatable bonds is 11. The fraction of sp³-hybridized carbons (Fsp3) is 0.576. The van der Waals surface area contributed by atoms with Crippen LogP contribution in [0.15, 0.2) is 48.8 Å². The van der Waals surface area contributed by atoms with Crippen molar-refractivity contribution < 1.29 is 33.6 Å². The molecule has 3 saturated carbocycles. The van der Waals surface area contributed by atoms with Gasteiger partial charge < -0.3 is 34.8 Å². The molecule has 77 heavy (non-hydrogen) atoms. The third-order valence-electron chi connectivity index (χ3n) is 19.1.